The molecule has 0 aliphatic carbocycles. The predicted octanol–water partition coefficient (Wildman–Crippen LogP) is 2.96. The molecule has 0 unspecified atom stereocenters. The minimum absolute atomic E-state index is 0.0887. The topological polar surface area (TPSA) is 45.7 Å². The Hall–Kier alpha value is -1.20. The van der Waals surface area contributed by atoms with Gasteiger partial charge in [0.25, 0.3) is 0 Å². The average molecular weight is 350 g/mol. The van der Waals surface area contributed by atoms with Gasteiger partial charge in [0, 0.05) is 37.5 Å². The lowest BCUT2D eigenvalue weighted by Gasteiger charge is -2.37. The van der Waals surface area contributed by atoms with E-state index in [2.05, 4.69) is 55.0 Å². The molecule has 0 saturated carbocycles. The summed E-state index contributed by atoms with van der Waals surface area (Å²) in [5.41, 5.74) is 2.87. The van der Waals surface area contributed by atoms with Crippen molar-refractivity contribution in [2.75, 3.05) is 44.9 Å². The van der Waals surface area contributed by atoms with E-state index >= 15 is 0 Å². The Kier molecular flexibility index (Phi) is 7.92. The summed E-state index contributed by atoms with van der Waals surface area (Å²) in [6.07, 6.45) is 4.19. The Labute approximate surface area is 150 Å². The van der Waals surface area contributed by atoms with E-state index in [4.69, 9.17) is 9.73 Å². The Morgan fingerprint density at radius 1 is 1.25 bits per heavy atom. The third-order valence-electron chi connectivity index (χ3n) is 4.65. The van der Waals surface area contributed by atoms with Gasteiger partial charge in [0.1, 0.15) is 0 Å². The Balaban J connectivity index is 2.18. The number of benzene rings is 1. The van der Waals surface area contributed by atoms with Crippen LogP contribution in [0.15, 0.2) is 29.3 Å². The van der Waals surface area contributed by atoms with E-state index < -0.39 is 0 Å². The maximum absolute atomic E-state index is 5.64. The van der Waals surface area contributed by atoms with Gasteiger partial charge in [0.2, 0.25) is 0 Å². The number of ether oxygens (including phenoxy) is 1. The smallest absolute Gasteiger partial charge is 0.191 e. The van der Waals surface area contributed by atoms with Crippen molar-refractivity contribution in [3.63, 3.8) is 0 Å². The fraction of sp³-hybridized carbons (Fsp3) is 0.632. The number of rotatable bonds is 7. The van der Waals surface area contributed by atoms with E-state index in [1.165, 1.54) is 11.1 Å². The first kappa shape index (κ1) is 19.1. The summed E-state index contributed by atoms with van der Waals surface area (Å²) in [5.74, 6) is 2.01. The van der Waals surface area contributed by atoms with Crippen LogP contribution >= 0.6 is 11.8 Å². The molecule has 0 bridgehead atoms. The van der Waals surface area contributed by atoms with Crippen LogP contribution in [0.5, 0.6) is 0 Å². The number of aliphatic imine (C=N–C) groups is 1. The summed E-state index contributed by atoms with van der Waals surface area (Å²) >= 11 is 1.84. The van der Waals surface area contributed by atoms with Gasteiger partial charge in [-0.25, -0.2) is 0 Å². The van der Waals surface area contributed by atoms with Crippen LogP contribution in [0.25, 0.3) is 0 Å². The van der Waals surface area contributed by atoms with Gasteiger partial charge in [0.05, 0.1) is 6.54 Å². The second-order valence-electron chi connectivity index (χ2n) is 6.32. The lowest BCUT2D eigenvalue weighted by Crippen LogP contribution is -2.42. The first-order valence-corrected chi connectivity index (χ1v) is 10.3. The van der Waals surface area contributed by atoms with Crippen molar-refractivity contribution in [1.82, 2.24) is 10.6 Å². The van der Waals surface area contributed by atoms with E-state index in [0.29, 0.717) is 0 Å². The Bertz CT molecular complexity index is 527. The van der Waals surface area contributed by atoms with Gasteiger partial charge in [-0.05, 0) is 44.1 Å². The van der Waals surface area contributed by atoms with Crippen molar-refractivity contribution in [2.24, 2.45) is 4.99 Å². The third kappa shape index (κ3) is 5.15. The minimum Gasteiger partial charge on any atom is -0.381 e. The zero-order valence-electron chi connectivity index (χ0n) is 15.2. The monoisotopic (exact) mass is 349 g/mol. The van der Waals surface area contributed by atoms with E-state index in [1.807, 2.05) is 11.8 Å². The number of hydrogen-bond acceptors (Lipinski definition) is 3. The standard InChI is InChI=1S/C19H31N3OS/c1-4-20-18(21-11-14-24-3)22-15-19(9-12-23-13-10-19)17-8-6-5-7-16(17)2/h5-8H,4,9-15H2,1-3H3,(H2,20,21,22). The van der Waals surface area contributed by atoms with Gasteiger partial charge in [-0.15, -0.1) is 0 Å². The predicted molar refractivity (Wildman–Crippen MR) is 105 cm³/mol. The molecular formula is C19H31N3OS. The van der Waals surface area contributed by atoms with Crippen LogP contribution in [-0.4, -0.2) is 50.8 Å². The van der Waals surface area contributed by atoms with E-state index in [-0.39, 0.29) is 5.41 Å². The van der Waals surface area contributed by atoms with Crippen molar-refractivity contribution in [2.45, 2.75) is 32.1 Å². The molecule has 0 spiro atoms. The number of thioether (sulfide) groups is 1. The zero-order chi connectivity index (χ0) is 17.3. The zero-order valence-corrected chi connectivity index (χ0v) is 16.0. The second kappa shape index (κ2) is 9.94. The lowest BCUT2D eigenvalue weighted by atomic mass is 9.72. The number of hydrogen-bond donors (Lipinski definition) is 2. The van der Waals surface area contributed by atoms with E-state index in [9.17, 15) is 0 Å². The molecule has 5 heteroatoms. The van der Waals surface area contributed by atoms with Crippen molar-refractivity contribution in [1.29, 1.82) is 0 Å². The largest absolute Gasteiger partial charge is 0.381 e. The molecule has 1 aromatic carbocycles. The molecule has 1 heterocycles. The van der Waals surface area contributed by atoms with Crippen LogP contribution in [0.3, 0.4) is 0 Å². The summed E-state index contributed by atoms with van der Waals surface area (Å²) in [5, 5.41) is 6.79. The first-order valence-electron chi connectivity index (χ1n) is 8.87. The fourth-order valence-corrected chi connectivity index (χ4v) is 3.59. The van der Waals surface area contributed by atoms with Gasteiger partial charge in [-0.2, -0.15) is 11.8 Å². The van der Waals surface area contributed by atoms with Gasteiger partial charge in [-0.3, -0.25) is 4.99 Å². The molecule has 1 aromatic rings. The SMILES string of the molecule is CCNC(=NCC1(c2ccccc2C)CCOCC1)NCCSC. The first-order chi connectivity index (χ1) is 11.7. The average Bonchev–Trinajstić information content (AvgIpc) is 2.61. The number of nitrogens with one attached hydrogen (secondary N) is 2. The molecule has 24 heavy (non-hydrogen) atoms. The van der Waals surface area contributed by atoms with Crippen LogP contribution in [0.2, 0.25) is 0 Å². The molecule has 0 atom stereocenters. The second-order valence-corrected chi connectivity index (χ2v) is 7.31. The molecule has 0 aromatic heterocycles. The summed E-state index contributed by atoms with van der Waals surface area (Å²) in [6, 6.07) is 8.73. The van der Waals surface area contributed by atoms with Gasteiger partial charge in [-0.1, -0.05) is 24.3 Å². The summed E-state index contributed by atoms with van der Waals surface area (Å²) in [7, 11) is 0. The quantitative estimate of drug-likeness (QED) is 0.451. The van der Waals surface area contributed by atoms with Crippen LogP contribution in [0.1, 0.15) is 30.9 Å². The van der Waals surface area contributed by atoms with E-state index in [0.717, 1.165) is 57.4 Å². The molecule has 1 saturated heterocycles. The van der Waals surface area contributed by atoms with Crippen molar-refractivity contribution >= 4 is 17.7 Å². The van der Waals surface area contributed by atoms with Crippen molar-refractivity contribution < 1.29 is 4.74 Å². The summed E-state index contributed by atoms with van der Waals surface area (Å²) < 4.78 is 5.64. The lowest BCUT2D eigenvalue weighted by molar-refractivity contribution is 0.0529. The van der Waals surface area contributed by atoms with Crippen molar-refractivity contribution in [3.8, 4) is 0 Å². The minimum atomic E-state index is 0.0887. The molecule has 2 rings (SSSR count). The number of guanidine groups is 1. The van der Waals surface area contributed by atoms with Crippen LogP contribution in [0, 0.1) is 6.92 Å². The maximum atomic E-state index is 5.64. The Morgan fingerprint density at radius 3 is 2.67 bits per heavy atom. The molecule has 0 radical (unpaired) electrons. The summed E-state index contributed by atoms with van der Waals surface area (Å²) in [4.78, 5) is 4.93. The molecule has 1 aliphatic rings. The molecule has 4 nitrogen and oxygen atoms in total. The highest BCUT2D eigenvalue weighted by atomic mass is 32.2. The third-order valence-corrected chi connectivity index (χ3v) is 5.26. The van der Waals surface area contributed by atoms with Crippen LogP contribution < -0.4 is 10.6 Å². The number of aryl methyl sites for hydroxylation is 1. The fourth-order valence-electron chi connectivity index (χ4n) is 3.29. The highest BCUT2D eigenvalue weighted by molar-refractivity contribution is 7.98. The molecule has 1 fully saturated rings. The molecule has 2 N–H and O–H groups in total. The normalized spacial score (nSPS) is 17.5. The number of nitrogens with zero attached hydrogens (tertiary/aromatic N) is 1. The van der Waals surface area contributed by atoms with Crippen LogP contribution in [-0.2, 0) is 10.2 Å². The highest BCUT2D eigenvalue weighted by Crippen LogP contribution is 2.36. The van der Waals surface area contributed by atoms with E-state index in [1.54, 1.807) is 0 Å². The molecule has 1 aliphatic heterocycles. The van der Waals surface area contributed by atoms with Crippen LogP contribution in [0.4, 0.5) is 0 Å². The molecule has 134 valence electrons. The van der Waals surface area contributed by atoms with Gasteiger partial charge < -0.3 is 15.4 Å². The van der Waals surface area contributed by atoms with Gasteiger partial charge >= 0.3 is 0 Å². The highest BCUT2D eigenvalue weighted by Gasteiger charge is 2.35. The summed E-state index contributed by atoms with van der Waals surface area (Å²) in [6.45, 7) is 8.57. The molecular weight excluding hydrogens is 318 g/mol. The van der Waals surface area contributed by atoms with Crippen molar-refractivity contribution in [3.05, 3.63) is 35.4 Å². The maximum Gasteiger partial charge on any atom is 0.191 e. The molecule has 0 amide bonds. The van der Waals surface area contributed by atoms with Gasteiger partial charge in [0.15, 0.2) is 5.96 Å². The Morgan fingerprint density at radius 2 is 2.00 bits per heavy atom.